The molecule has 0 aromatic carbocycles. The molecule has 2 N–H and O–H groups in total. The molecule has 96 valence electrons. The zero-order valence-electron chi connectivity index (χ0n) is 9.64. The summed E-state index contributed by atoms with van der Waals surface area (Å²) < 4.78 is 4.82. The van der Waals surface area contributed by atoms with Crippen molar-refractivity contribution in [2.75, 3.05) is 0 Å². The van der Waals surface area contributed by atoms with Crippen molar-refractivity contribution in [1.29, 1.82) is 0 Å². The number of esters is 1. The first-order valence-electron chi connectivity index (χ1n) is 5.35. The van der Waals surface area contributed by atoms with Gasteiger partial charge in [-0.25, -0.2) is 0 Å². The fourth-order valence-electron chi connectivity index (χ4n) is 1.57. The summed E-state index contributed by atoms with van der Waals surface area (Å²) in [4.78, 5) is 34.6. The van der Waals surface area contributed by atoms with Gasteiger partial charge in [0.15, 0.2) is 6.04 Å². The average Bonchev–Trinajstić information content (AvgIpc) is 2.78. The second kappa shape index (κ2) is 5.18. The molecule has 18 heavy (non-hydrogen) atoms. The summed E-state index contributed by atoms with van der Waals surface area (Å²) >= 11 is 1.47. The number of hydrogen-bond donors (Lipinski definition) is 2. The molecule has 1 aliphatic rings. The van der Waals surface area contributed by atoms with Gasteiger partial charge in [0.1, 0.15) is 0 Å². The SMILES string of the molecule is CC(=O)O[C@H]1NC(=O)[C@H]1NC(=O)Cc1cccs1. The minimum atomic E-state index is -0.790. The van der Waals surface area contributed by atoms with Gasteiger partial charge >= 0.3 is 5.97 Å². The van der Waals surface area contributed by atoms with Gasteiger partial charge in [-0.1, -0.05) is 6.07 Å². The van der Waals surface area contributed by atoms with E-state index in [1.807, 2.05) is 17.5 Å². The molecule has 1 fully saturated rings. The fourth-order valence-corrected chi connectivity index (χ4v) is 2.27. The first kappa shape index (κ1) is 12.6. The molecule has 0 bridgehead atoms. The van der Waals surface area contributed by atoms with Gasteiger partial charge < -0.3 is 15.4 Å². The summed E-state index contributed by atoms with van der Waals surface area (Å²) in [5, 5.41) is 6.81. The van der Waals surface area contributed by atoms with Crippen LogP contribution < -0.4 is 10.6 Å². The van der Waals surface area contributed by atoms with E-state index in [-0.39, 0.29) is 18.2 Å². The Labute approximate surface area is 107 Å². The van der Waals surface area contributed by atoms with Crippen LogP contribution in [0.15, 0.2) is 17.5 Å². The van der Waals surface area contributed by atoms with Crippen molar-refractivity contribution in [1.82, 2.24) is 10.6 Å². The standard InChI is InChI=1S/C11H12N2O4S/c1-6(14)17-11-9(10(16)13-11)12-8(15)5-7-3-2-4-18-7/h2-4,9,11H,5H2,1H3,(H,12,15)(H,13,16)/t9-,11-/m1/s1. The summed E-state index contributed by atoms with van der Waals surface area (Å²) in [5.41, 5.74) is 0. The number of nitrogens with one attached hydrogen (secondary N) is 2. The van der Waals surface area contributed by atoms with Gasteiger partial charge in [-0.05, 0) is 11.4 Å². The predicted octanol–water partition coefficient (Wildman–Crippen LogP) is -0.206. The lowest BCUT2D eigenvalue weighted by molar-refractivity contribution is -0.164. The van der Waals surface area contributed by atoms with Crippen molar-refractivity contribution in [3.05, 3.63) is 22.4 Å². The van der Waals surface area contributed by atoms with Crippen molar-refractivity contribution in [2.24, 2.45) is 0 Å². The van der Waals surface area contributed by atoms with E-state index in [9.17, 15) is 14.4 Å². The third-order valence-electron chi connectivity index (χ3n) is 2.39. The normalized spacial score (nSPS) is 21.7. The van der Waals surface area contributed by atoms with Gasteiger partial charge in [0.25, 0.3) is 5.91 Å². The van der Waals surface area contributed by atoms with E-state index >= 15 is 0 Å². The van der Waals surface area contributed by atoms with Gasteiger partial charge in [0.2, 0.25) is 12.1 Å². The van der Waals surface area contributed by atoms with E-state index in [2.05, 4.69) is 10.6 Å². The predicted molar refractivity (Wildman–Crippen MR) is 63.7 cm³/mol. The number of carbonyl (C=O) groups excluding carboxylic acids is 3. The van der Waals surface area contributed by atoms with Crippen molar-refractivity contribution in [3.8, 4) is 0 Å². The molecule has 2 rings (SSSR count). The van der Waals surface area contributed by atoms with E-state index in [0.29, 0.717) is 0 Å². The lowest BCUT2D eigenvalue weighted by atomic mass is 10.1. The third-order valence-corrected chi connectivity index (χ3v) is 3.27. The first-order valence-corrected chi connectivity index (χ1v) is 6.23. The monoisotopic (exact) mass is 268 g/mol. The Morgan fingerprint density at radius 3 is 2.89 bits per heavy atom. The Kier molecular flexibility index (Phi) is 3.61. The highest BCUT2D eigenvalue weighted by Crippen LogP contribution is 2.11. The number of amides is 2. The number of thiophene rings is 1. The molecule has 6 nitrogen and oxygen atoms in total. The lowest BCUT2D eigenvalue weighted by Gasteiger charge is -2.35. The van der Waals surface area contributed by atoms with Crippen LogP contribution in [-0.4, -0.2) is 30.1 Å². The van der Waals surface area contributed by atoms with Gasteiger partial charge in [-0.3, -0.25) is 14.4 Å². The highest BCUT2D eigenvalue weighted by molar-refractivity contribution is 7.10. The second-order valence-electron chi connectivity index (χ2n) is 3.84. The molecule has 1 saturated heterocycles. The topological polar surface area (TPSA) is 84.5 Å². The molecule has 1 aromatic heterocycles. The van der Waals surface area contributed by atoms with E-state index in [1.54, 1.807) is 0 Å². The van der Waals surface area contributed by atoms with Crippen LogP contribution in [-0.2, 0) is 25.5 Å². The molecule has 1 aromatic rings. The number of rotatable bonds is 4. The fraction of sp³-hybridized carbons (Fsp3) is 0.364. The Balaban J connectivity index is 1.86. The largest absolute Gasteiger partial charge is 0.439 e. The molecule has 0 radical (unpaired) electrons. The minimum absolute atomic E-state index is 0.217. The number of carbonyl (C=O) groups is 3. The Hall–Kier alpha value is -1.89. The van der Waals surface area contributed by atoms with Crippen molar-refractivity contribution < 1.29 is 19.1 Å². The number of ether oxygens (including phenoxy) is 1. The van der Waals surface area contributed by atoms with Crippen LogP contribution in [0, 0.1) is 0 Å². The van der Waals surface area contributed by atoms with Crippen molar-refractivity contribution in [3.63, 3.8) is 0 Å². The number of β-lactam (4-membered cyclic amide) rings is 1. The Morgan fingerprint density at radius 2 is 2.33 bits per heavy atom. The van der Waals surface area contributed by atoms with Crippen LogP contribution in [0.5, 0.6) is 0 Å². The maximum atomic E-state index is 11.7. The maximum absolute atomic E-state index is 11.7. The van der Waals surface area contributed by atoms with Gasteiger partial charge in [0.05, 0.1) is 6.42 Å². The molecule has 0 unspecified atom stereocenters. The first-order chi connectivity index (χ1) is 8.56. The summed E-state index contributed by atoms with van der Waals surface area (Å²) in [7, 11) is 0. The minimum Gasteiger partial charge on any atom is -0.439 e. The summed E-state index contributed by atoms with van der Waals surface area (Å²) in [5.74, 6) is -1.12. The van der Waals surface area contributed by atoms with Crippen LogP contribution in [0.1, 0.15) is 11.8 Å². The molecule has 0 aliphatic carbocycles. The Morgan fingerprint density at radius 1 is 1.56 bits per heavy atom. The molecule has 0 saturated carbocycles. The summed E-state index contributed by atoms with van der Waals surface area (Å²) in [6.45, 7) is 1.25. The summed E-state index contributed by atoms with van der Waals surface area (Å²) in [6, 6.07) is 2.90. The smallest absolute Gasteiger partial charge is 0.304 e. The van der Waals surface area contributed by atoms with Crippen LogP contribution in [0.3, 0.4) is 0 Å². The third kappa shape index (κ3) is 2.86. The quantitative estimate of drug-likeness (QED) is 0.585. The lowest BCUT2D eigenvalue weighted by Crippen LogP contribution is -2.70. The molecular weight excluding hydrogens is 256 g/mol. The zero-order chi connectivity index (χ0) is 13.1. The van der Waals surface area contributed by atoms with Crippen molar-refractivity contribution in [2.45, 2.75) is 25.6 Å². The van der Waals surface area contributed by atoms with Crippen LogP contribution in [0.2, 0.25) is 0 Å². The number of hydrogen-bond acceptors (Lipinski definition) is 5. The molecule has 2 heterocycles. The highest BCUT2D eigenvalue weighted by Gasteiger charge is 2.42. The van der Waals surface area contributed by atoms with Gasteiger partial charge in [-0.15, -0.1) is 11.3 Å². The highest BCUT2D eigenvalue weighted by atomic mass is 32.1. The van der Waals surface area contributed by atoms with Gasteiger partial charge in [-0.2, -0.15) is 0 Å². The van der Waals surface area contributed by atoms with Crippen LogP contribution >= 0.6 is 11.3 Å². The molecule has 2 amide bonds. The van der Waals surface area contributed by atoms with Crippen molar-refractivity contribution >= 4 is 29.1 Å². The van der Waals surface area contributed by atoms with E-state index in [1.165, 1.54) is 18.3 Å². The molecular formula is C11H12N2O4S. The van der Waals surface area contributed by atoms with E-state index in [0.717, 1.165) is 4.88 Å². The van der Waals surface area contributed by atoms with E-state index in [4.69, 9.17) is 4.74 Å². The molecule has 0 spiro atoms. The Bertz CT molecular complexity index is 471. The zero-order valence-corrected chi connectivity index (χ0v) is 10.5. The van der Waals surface area contributed by atoms with Gasteiger partial charge in [0, 0.05) is 11.8 Å². The second-order valence-corrected chi connectivity index (χ2v) is 4.87. The molecule has 1 aliphatic heterocycles. The van der Waals surface area contributed by atoms with Crippen LogP contribution in [0.25, 0.3) is 0 Å². The van der Waals surface area contributed by atoms with Crippen LogP contribution in [0.4, 0.5) is 0 Å². The average molecular weight is 268 g/mol. The summed E-state index contributed by atoms with van der Waals surface area (Å²) in [6.07, 6.45) is -0.545. The molecule has 2 atom stereocenters. The van der Waals surface area contributed by atoms with E-state index < -0.39 is 18.2 Å². The molecule has 7 heteroatoms. The maximum Gasteiger partial charge on any atom is 0.304 e.